The number of rotatable bonds is 5. The van der Waals surface area contributed by atoms with Crippen LogP contribution in [0.25, 0.3) is 10.4 Å². The minimum atomic E-state index is -1.41. The second kappa shape index (κ2) is 10.2. The van der Waals surface area contributed by atoms with Crippen molar-refractivity contribution in [2.45, 2.75) is 43.9 Å². The molecule has 5 atom stereocenters. The van der Waals surface area contributed by atoms with Crippen molar-refractivity contribution < 1.29 is 35.0 Å². The van der Waals surface area contributed by atoms with Crippen molar-refractivity contribution in [3.63, 3.8) is 0 Å². The highest BCUT2D eigenvalue weighted by atomic mass is 32.1. The summed E-state index contributed by atoms with van der Waals surface area (Å²) in [7, 11) is 0. The smallest absolute Gasteiger partial charge is 0.123 e. The topological polar surface area (TPSA) is 122 Å². The number of aryl methyl sites for hydroxylation is 1. The van der Waals surface area contributed by atoms with Gasteiger partial charge in [-0.25, -0.2) is 4.39 Å². The van der Waals surface area contributed by atoms with Crippen molar-refractivity contribution in [3.05, 3.63) is 82.0 Å². The Bertz CT molecular complexity index is 1040. The van der Waals surface area contributed by atoms with Crippen LogP contribution in [0.1, 0.15) is 27.7 Å². The molecule has 0 aliphatic carbocycles. The molecular weight excluding hydrogens is 435 g/mol. The monoisotopic (exact) mass is 462 g/mol. The van der Waals surface area contributed by atoms with Gasteiger partial charge in [0.25, 0.3) is 0 Å². The third-order valence-corrected chi connectivity index (χ3v) is 6.88. The highest BCUT2D eigenvalue weighted by Gasteiger charge is 2.43. The first kappa shape index (κ1) is 24.5. The SMILES string of the molecule is Cc1ccc([C@@H]2O[C@H](CO)[C@@H](O)[C@H](O)[C@H]2O)cc1Cc1ccc(-c2ccc(F)cc2)s1.O. The summed E-state index contributed by atoms with van der Waals surface area (Å²) >= 11 is 1.63. The van der Waals surface area contributed by atoms with E-state index in [2.05, 4.69) is 0 Å². The molecule has 32 heavy (non-hydrogen) atoms. The molecule has 0 amide bonds. The minimum absolute atomic E-state index is 0. The summed E-state index contributed by atoms with van der Waals surface area (Å²) in [6.07, 6.45) is -5.21. The predicted molar refractivity (Wildman–Crippen MR) is 120 cm³/mol. The Morgan fingerprint density at radius 1 is 0.938 bits per heavy atom. The lowest BCUT2D eigenvalue weighted by Gasteiger charge is -2.40. The molecule has 2 aromatic carbocycles. The van der Waals surface area contributed by atoms with E-state index >= 15 is 0 Å². The highest BCUT2D eigenvalue weighted by molar-refractivity contribution is 7.15. The molecule has 6 nitrogen and oxygen atoms in total. The maximum absolute atomic E-state index is 13.2. The first-order valence-electron chi connectivity index (χ1n) is 10.1. The Kier molecular flexibility index (Phi) is 7.79. The number of halogens is 1. The van der Waals surface area contributed by atoms with Gasteiger partial charge in [-0.3, -0.25) is 0 Å². The molecule has 0 saturated carbocycles. The second-order valence-corrected chi connectivity index (χ2v) is 9.05. The molecule has 1 saturated heterocycles. The third kappa shape index (κ3) is 4.92. The molecule has 0 spiro atoms. The molecule has 1 aliphatic heterocycles. The first-order valence-corrected chi connectivity index (χ1v) is 10.9. The van der Waals surface area contributed by atoms with Crippen molar-refractivity contribution >= 4 is 11.3 Å². The fraction of sp³-hybridized carbons (Fsp3) is 0.333. The Balaban J connectivity index is 0.00000289. The molecule has 0 radical (unpaired) electrons. The lowest BCUT2D eigenvalue weighted by molar-refractivity contribution is -0.231. The maximum atomic E-state index is 13.2. The van der Waals surface area contributed by atoms with Crippen LogP contribution in [0.4, 0.5) is 4.39 Å². The van der Waals surface area contributed by atoms with Gasteiger partial charge < -0.3 is 30.6 Å². The number of aliphatic hydroxyl groups is 4. The number of benzene rings is 2. The zero-order chi connectivity index (χ0) is 22.1. The zero-order valence-electron chi connectivity index (χ0n) is 17.5. The molecule has 1 aromatic heterocycles. The van der Waals surface area contributed by atoms with Gasteiger partial charge in [0.1, 0.15) is 36.3 Å². The van der Waals surface area contributed by atoms with E-state index < -0.39 is 37.1 Å². The van der Waals surface area contributed by atoms with Gasteiger partial charge in [0.15, 0.2) is 0 Å². The van der Waals surface area contributed by atoms with E-state index in [0.717, 1.165) is 26.4 Å². The van der Waals surface area contributed by atoms with E-state index in [1.807, 2.05) is 37.3 Å². The molecular formula is C24H27FO6S. The number of thiophene rings is 1. The third-order valence-electron chi connectivity index (χ3n) is 5.75. The molecule has 1 aliphatic rings. The standard InChI is InChI=1S/C24H25FO5S.H2O/c1-13-2-3-15(24-23(29)22(28)21(27)19(12-26)30-24)10-16(13)11-18-8-9-20(31-18)14-4-6-17(25)7-5-14;/h2-10,19,21-24,26-29H,11-12H2,1H3;1H2/t19-,21-,22+,23-,24+;/m1./s1. The Labute approximate surface area is 189 Å². The van der Waals surface area contributed by atoms with E-state index in [4.69, 9.17) is 4.74 Å². The van der Waals surface area contributed by atoms with Gasteiger partial charge in [-0.15, -0.1) is 11.3 Å². The van der Waals surface area contributed by atoms with Gasteiger partial charge in [-0.1, -0.05) is 30.3 Å². The van der Waals surface area contributed by atoms with Crippen LogP contribution >= 0.6 is 11.3 Å². The lowest BCUT2D eigenvalue weighted by atomic mass is 9.89. The summed E-state index contributed by atoms with van der Waals surface area (Å²) in [5.74, 6) is -0.263. The maximum Gasteiger partial charge on any atom is 0.123 e. The van der Waals surface area contributed by atoms with Crippen LogP contribution in [0, 0.1) is 12.7 Å². The number of ether oxygens (including phenoxy) is 1. The van der Waals surface area contributed by atoms with Gasteiger partial charge in [0, 0.05) is 16.2 Å². The van der Waals surface area contributed by atoms with Gasteiger partial charge >= 0.3 is 0 Å². The summed E-state index contributed by atoms with van der Waals surface area (Å²) in [6, 6.07) is 16.2. The largest absolute Gasteiger partial charge is 0.412 e. The van der Waals surface area contributed by atoms with Crippen molar-refractivity contribution in [1.29, 1.82) is 0 Å². The van der Waals surface area contributed by atoms with E-state index in [1.54, 1.807) is 23.5 Å². The molecule has 0 unspecified atom stereocenters. The van der Waals surface area contributed by atoms with Crippen LogP contribution in [-0.4, -0.2) is 56.9 Å². The molecule has 8 heteroatoms. The van der Waals surface area contributed by atoms with Crippen molar-refractivity contribution in [2.75, 3.05) is 6.61 Å². The Morgan fingerprint density at radius 3 is 2.34 bits per heavy atom. The molecule has 4 rings (SSSR count). The van der Waals surface area contributed by atoms with Gasteiger partial charge in [0.05, 0.1) is 6.61 Å². The van der Waals surface area contributed by atoms with E-state index in [1.165, 1.54) is 12.1 Å². The van der Waals surface area contributed by atoms with Crippen LogP contribution in [0.3, 0.4) is 0 Å². The average Bonchev–Trinajstić information content (AvgIpc) is 3.23. The van der Waals surface area contributed by atoms with Crippen LogP contribution in [0.5, 0.6) is 0 Å². The molecule has 3 aromatic rings. The molecule has 2 heterocycles. The van der Waals surface area contributed by atoms with Gasteiger partial charge in [-0.2, -0.15) is 0 Å². The van der Waals surface area contributed by atoms with Crippen LogP contribution < -0.4 is 0 Å². The van der Waals surface area contributed by atoms with Crippen molar-refractivity contribution in [3.8, 4) is 10.4 Å². The van der Waals surface area contributed by atoms with E-state index in [-0.39, 0.29) is 11.3 Å². The Hall–Kier alpha value is -2.17. The van der Waals surface area contributed by atoms with Crippen molar-refractivity contribution in [1.82, 2.24) is 0 Å². The summed E-state index contributed by atoms with van der Waals surface area (Å²) in [4.78, 5) is 2.19. The van der Waals surface area contributed by atoms with E-state index in [9.17, 15) is 24.8 Å². The van der Waals surface area contributed by atoms with Gasteiger partial charge in [-0.05, 0) is 53.4 Å². The summed E-state index contributed by atoms with van der Waals surface area (Å²) < 4.78 is 18.9. The normalized spacial score (nSPS) is 25.4. The predicted octanol–water partition coefficient (Wildman–Crippen LogP) is 2.14. The first-order chi connectivity index (χ1) is 14.9. The lowest BCUT2D eigenvalue weighted by Crippen LogP contribution is -2.55. The molecule has 0 bridgehead atoms. The highest BCUT2D eigenvalue weighted by Crippen LogP contribution is 2.35. The number of hydrogen-bond donors (Lipinski definition) is 4. The minimum Gasteiger partial charge on any atom is -0.412 e. The van der Waals surface area contributed by atoms with Crippen LogP contribution in [-0.2, 0) is 11.2 Å². The van der Waals surface area contributed by atoms with Crippen LogP contribution in [0.2, 0.25) is 0 Å². The quantitative estimate of drug-likeness (QED) is 0.463. The average molecular weight is 463 g/mol. The molecule has 6 N–H and O–H groups in total. The summed E-state index contributed by atoms with van der Waals surface area (Å²) in [5, 5.41) is 40.0. The van der Waals surface area contributed by atoms with Gasteiger partial charge in [0.2, 0.25) is 0 Å². The Morgan fingerprint density at radius 2 is 1.66 bits per heavy atom. The van der Waals surface area contributed by atoms with Crippen LogP contribution in [0.15, 0.2) is 54.6 Å². The summed E-state index contributed by atoms with van der Waals surface area (Å²) in [6.45, 7) is 1.54. The molecule has 1 fully saturated rings. The zero-order valence-corrected chi connectivity index (χ0v) is 18.3. The summed E-state index contributed by atoms with van der Waals surface area (Å²) in [5.41, 5.74) is 3.75. The van der Waals surface area contributed by atoms with Crippen molar-refractivity contribution in [2.24, 2.45) is 0 Å². The molecule has 172 valence electrons. The van der Waals surface area contributed by atoms with E-state index in [0.29, 0.717) is 12.0 Å². The fourth-order valence-corrected chi connectivity index (χ4v) is 4.90. The fourth-order valence-electron chi connectivity index (χ4n) is 3.87. The number of aliphatic hydroxyl groups excluding tert-OH is 4. The second-order valence-electron chi connectivity index (χ2n) is 7.89. The number of hydrogen-bond acceptors (Lipinski definition) is 6.